The summed E-state index contributed by atoms with van der Waals surface area (Å²) < 4.78 is 40.9. The summed E-state index contributed by atoms with van der Waals surface area (Å²) in [6.45, 7) is -0.481. The van der Waals surface area contributed by atoms with Crippen LogP contribution in [-0.4, -0.2) is 52.3 Å². The van der Waals surface area contributed by atoms with E-state index >= 15 is 0 Å². The summed E-state index contributed by atoms with van der Waals surface area (Å²) in [6.07, 6.45) is 0.717. The lowest BCUT2D eigenvalue weighted by molar-refractivity contribution is -0.385. The summed E-state index contributed by atoms with van der Waals surface area (Å²) in [6, 6.07) is 20.7. The van der Waals surface area contributed by atoms with E-state index in [1.54, 1.807) is 0 Å². The van der Waals surface area contributed by atoms with Gasteiger partial charge in [0.25, 0.3) is 11.4 Å². The quantitative estimate of drug-likeness (QED) is 0.0339. The topological polar surface area (TPSA) is 167 Å². The van der Waals surface area contributed by atoms with Crippen LogP contribution in [0, 0.1) is 20.2 Å². The average molecular weight is 760 g/mol. The molecular formula is C28H29Br2N2O11P. The number of rotatable bonds is 18. The normalized spacial score (nSPS) is 12.9. The maximum absolute atomic E-state index is 14.1. The number of methoxy groups -OCH3 is 1. The van der Waals surface area contributed by atoms with E-state index in [9.17, 15) is 29.6 Å². The van der Waals surface area contributed by atoms with Gasteiger partial charge in [-0.05, 0) is 36.0 Å². The monoisotopic (exact) mass is 758 g/mol. The predicted octanol–water partition coefficient (Wildman–Crippen LogP) is 6.69. The van der Waals surface area contributed by atoms with Gasteiger partial charge in [-0.2, -0.15) is 0 Å². The molecule has 0 radical (unpaired) electrons. The number of nitrogens with zero attached hydrogens (tertiary/aromatic N) is 2. The van der Waals surface area contributed by atoms with E-state index < -0.39 is 33.2 Å². The number of hydrogen-bond donors (Lipinski definition) is 0. The third-order valence-electron chi connectivity index (χ3n) is 6.13. The number of carbonyl (C=O) groups excluding carboxylic acids is 1. The second-order valence-corrected chi connectivity index (χ2v) is 13.7. The van der Waals surface area contributed by atoms with Crippen molar-refractivity contribution in [1.82, 2.24) is 0 Å². The molecule has 0 aliphatic heterocycles. The Kier molecular flexibility index (Phi) is 13.6. The lowest BCUT2D eigenvalue weighted by Crippen LogP contribution is -2.50. The zero-order valence-electron chi connectivity index (χ0n) is 23.4. The molecule has 1 unspecified atom stereocenters. The minimum absolute atomic E-state index is 0.0433. The SMILES string of the molecule is COC(=O)C(OCCc1ccccc1)(OP(=O)(OCCc1ccc([N+](=O)[O-])cc1)OCCc1ccc([N+](=O)[O-])cc1)C(Br)Br. The Morgan fingerprint density at radius 2 is 1.20 bits per heavy atom. The Hall–Kier alpha value is -3.04. The van der Waals surface area contributed by atoms with Gasteiger partial charge in [-0.25, -0.2) is 13.9 Å². The maximum Gasteiger partial charge on any atom is 0.477 e. The van der Waals surface area contributed by atoms with Gasteiger partial charge in [0.15, 0.2) is 0 Å². The van der Waals surface area contributed by atoms with E-state index in [4.69, 9.17) is 23.0 Å². The molecule has 0 aliphatic rings. The number of phosphoric ester groups is 1. The number of esters is 1. The number of nitro groups is 2. The van der Waals surface area contributed by atoms with E-state index in [0.29, 0.717) is 17.5 Å². The van der Waals surface area contributed by atoms with Crippen molar-refractivity contribution in [2.45, 2.75) is 28.8 Å². The molecule has 1 atom stereocenters. The third-order valence-corrected chi connectivity index (χ3v) is 8.83. The molecule has 0 amide bonds. The van der Waals surface area contributed by atoms with E-state index in [-0.39, 0.29) is 44.0 Å². The molecule has 0 saturated heterocycles. The fourth-order valence-electron chi connectivity index (χ4n) is 3.80. The zero-order valence-corrected chi connectivity index (χ0v) is 27.5. The average Bonchev–Trinajstić information content (AvgIpc) is 3.01. The molecule has 0 aromatic heterocycles. The van der Waals surface area contributed by atoms with Crippen LogP contribution in [0.15, 0.2) is 78.9 Å². The molecule has 0 aliphatic carbocycles. The van der Waals surface area contributed by atoms with Crippen molar-refractivity contribution in [3.8, 4) is 0 Å². The Labute approximate surface area is 270 Å². The van der Waals surface area contributed by atoms with Crippen LogP contribution in [0.4, 0.5) is 11.4 Å². The van der Waals surface area contributed by atoms with Gasteiger partial charge < -0.3 is 9.47 Å². The molecule has 3 rings (SSSR count). The largest absolute Gasteiger partial charge is 0.477 e. The van der Waals surface area contributed by atoms with E-state index in [1.165, 1.54) is 48.5 Å². The van der Waals surface area contributed by atoms with Crippen LogP contribution < -0.4 is 0 Å². The first-order chi connectivity index (χ1) is 21.0. The number of halogens is 2. The van der Waals surface area contributed by atoms with Crippen LogP contribution in [0.3, 0.4) is 0 Å². The number of benzene rings is 3. The van der Waals surface area contributed by atoms with Crippen molar-refractivity contribution in [3.63, 3.8) is 0 Å². The highest BCUT2D eigenvalue weighted by Gasteiger charge is 2.54. The predicted molar refractivity (Wildman–Crippen MR) is 167 cm³/mol. The summed E-state index contributed by atoms with van der Waals surface area (Å²) in [5.41, 5.74) is 2.02. The van der Waals surface area contributed by atoms with Gasteiger partial charge in [0.2, 0.25) is 0 Å². The molecule has 3 aromatic carbocycles. The van der Waals surface area contributed by atoms with Gasteiger partial charge in [-0.15, -0.1) is 0 Å². The summed E-state index contributed by atoms with van der Waals surface area (Å²) in [5, 5.41) is 21.9. The molecule has 44 heavy (non-hydrogen) atoms. The lowest BCUT2D eigenvalue weighted by Gasteiger charge is -2.34. The third kappa shape index (κ3) is 10.3. The van der Waals surface area contributed by atoms with Crippen LogP contribution in [0.1, 0.15) is 16.7 Å². The van der Waals surface area contributed by atoms with E-state index in [2.05, 4.69) is 31.9 Å². The molecule has 16 heteroatoms. The van der Waals surface area contributed by atoms with Crippen molar-refractivity contribution in [1.29, 1.82) is 0 Å². The second-order valence-electron chi connectivity index (χ2n) is 9.10. The van der Waals surface area contributed by atoms with Crippen LogP contribution >= 0.6 is 39.7 Å². The number of hydrogen-bond acceptors (Lipinski definition) is 11. The van der Waals surface area contributed by atoms with Crippen molar-refractivity contribution < 1.29 is 42.3 Å². The minimum atomic E-state index is -4.60. The molecule has 0 fully saturated rings. The standard InChI is InChI=1S/C28H29Br2N2O11P/c1-39-27(33)28(26(29)30,40-18-15-21-5-3-2-4-6-21)43-44(38,41-19-16-22-7-11-24(12-8-22)31(34)35)42-20-17-23-9-13-25(14-10-23)32(36)37/h2-14,26H,15-20H2,1H3. The Morgan fingerprint density at radius 3 is 1.61 bits per heavy atom. The van der Waals surface area contributed by atoms with Crippen LogP contribution in [0.25, 0.3) is 0 Å². The Bertz CT molecular complexity index is 1380. The zero-order chi connectivity index (χ0) is 32.2. The molecular weight excluding hydrogens is 731 g/mol. The van der Waals surface area contributed by atoms with Crippen molar-refractivity contribution in [3.05, 3.63) is 116 Å². The van der Waals surface area contributed by atoms with E-state index in [0.717, 1.165) is 12.7 Å². The molecule has 0 N–H and O–H groups in total. The first kappa shape index (κ1) is 35.4. The summed E-state index contributed by atoms with van der Waals surface area (Å²) in [4.78, 5) is 33.9. The highest BCUT2D eigenvalue weighted by atomic mass is 79.9. The highest BCUT2D eigenvalue weighted by Crippen LogP contribution is 2.55. The summed E-state index contributed by atoms with van der Waals surface area (Å²) in [5.74, 6) is -3.35. The first-order valence-electron chi connectivity index (χ1n) is 13.1. The number of alkyl halides is 2. The number of phosphoric acid groups is 1. The molecule has 0 bridgehead atoms. The highest BCUT2D eigenvalue weighted by molar-refractivity contribution is 9.24. The fourth-order valence-corrected chi connectivity index (χ4v) is 6.29. The van der Waals surface area contributed by atoms with Gasteiger partial charge in [-0.1, -0.05) is 86.5 Å². The fraction of sp³-hybridized carbons (Fsp3) is 0.321. The van der Waals surface area contributed by atoms with Crippen LogP contribution in [0.2, 0.25) is 0 Å². The van der Waals surface area contributed by atoms with Gasteiger partial charge >= 0.3 is 19.6 Å². The lowest BCUT2D eigenvalue weighted by atomic mass is 10.1. The van der Waals surface area contributed by atoms with Crippen molar-refractivity contribution in [2.24, 2.45) is 0 Å². The van der Waals surface area contributed by atoms with Gasteiger partial charge in [-0.3, -0.25) is 29.3 Å². The Morgan fingerprint density at radius 1 is 0.773 bits per heavy atom. The Balaban J connectivity index is 1.80. The molecule has 0 spiro atoms. The number of carbonyl (C=O) groups is 1. The molecule has 0 heterocycles. The number of nitro benzene ring substituents is 2. The number of ether oxygens (including phenoxy) is 2. The summed E-state index contributed by atoms with van der Waals surface area (Å²) >= 11 is 6.50. The van der Waals surface area contributed by atoms with E-state index in [1.807, 2.05) is 30.3 Å². The minimum Gasteiger partial charge on any atom is -0.465 e. The van der Waals surface area contributed by atoms with Crippen LogP contribution in [-0.2, 0) is 51.7 Å². The van der Waals surface area contributed by atoms with Gasteiger partial charge in [0.1, 0.15) is 3.74 Å². The van der Waals surface area contributed by atoms with Crippen molar-refractivity contribution in [2.75, 3.05) is 26.9 Å². The molecule has 3 aromatic rings. The molecule has 236 valence electrons. The van der Waals surface area contributed by atoms with Gasteiger partial charge in [0, 0.05) is 24.3 Å². The molecule has 0 saturated carbocycles. The number of non-ortho nitro benzene ring substituents is 2. The smallest absolute Gasteiger partial charge is 0.465 e. The molecule has 13 nitrogen and oxygen atoms in total. The second kappa shape index (κ2) is 16.9. The first-order valence-corrected chi connectivity index (χ1v) is 16.4. The van der Waals surface area contributed by atoms with Crippen molar-refractivity contribution >= 4 is 57.0 Å². The van der Waals surface area contributed by atoms with Crippen LogP contribution in [0.5, 0.6) is 0 Å². The summed E-state index contributed by atoms with van der Waals surface area (Å²) in [7, 11) is -3.49. The van der Waals surface area contributed by atoms with Gasteiger partial charge in [0.05, 0.1) is 36.8 Å². The maximum atomic E-state index is 14.1.